The number of hydrogen-bond donors (Lipinski definition) is 3. The number of carbonyl (C=O) groups is 4. The number of esters is 4. The highest BCUT2D eigenvalue weighted by atomic mass is 31.2. The highest BCUT2D eigenvalue weighted by molar-refractivity contribution is 7.47. The van der Waals surface area contributed by atoms with Crippen molar-refractivity contribution < 1.29 is 80.2 Å². The van der Waals surface area contributed by atoms with Gasteiger partial charge in [0.1, 0.15) is 19.3 Å². The van der Waals surface area contributed by atoms with Crippen molar-refractivity contribution in [3.05, 3.63) is 0 Å². The van der Waals surface area contributed by atoms with Crippen molar-refractivity contribution in [2.24, 2.45) is 11.8 Å². The van der Waals surface area contributed by atoms with E-state index in [0.29, 0.717) is 31.6 Å². The summed E-state index contributed by atoms with van der Waals surface area (Å²) in [4.78, 5) is 72.6. The van der Waals surface area contributed by atoms with E-state index in [1.807, 2.05) is 0 Å². The Kier molecular flexibility index (Phi) is 64.6. The van der Waals surface area contributed by atoms with Gasteiger partial charge >= 0.3 is 39.5 Å². The number of carbonyl (C=O) groups excluding carboxylic acids is 4. The van der Waals surface area contributed by atoms with Gasteiger partial charge in [0.25, 0.3) is 0 Å². The van der Waals surface area contributed by atoms with Crippen LogP contribution < -0.4 is 0 Å². The minimum atomic E-state index is -4.95. The maximum Gasteiger partial charge on any atom is 0.472 e. The summed E-state index contributed by atoms with van der Waals surface area (Å²) >= 11 is 0. The Labute approximate surface area is 568 Å². The van der Waals surface area contributed by atoms with Crippen LogP contribution in [-0.4, -0.2) is 96.7 Å². The Bertz CT molecular complexity index is 1800. The van der Waals surface area contributed by atoms with Crippen molar-refractivity contribution in [3.63, 3.8) is 0 Å². The van der Waals surface area contributed by atoms with Crippen LogP contribution in [0.25, 0.3) is 0 Å². The van der Waals surface area contributed by atoms with Crippen LogP contribution in [0.1, 0.15) is 382 Å². The number of aliphatic hydroxyl groups excluding tert-OH is 1. The van der Waals surface area contributed by atoms with E-state index >= 15 is 0 Å². The minimum absolute atomic E-state index is 0.103. The highest BCUT2D eigenvalue weighted by Crippen LogP contribution is 2.45. The standard InChI is InChI=1S/C74H144O17P2/c1-7-9-11-13-15-17-18-19-20-24-27-30-33-39-45-51-57-72(77)85-63-69(90-73(78)58-52-46-40-34-31-28-25-22-21-23-26-29-32-36-42-48-54-66(3)4)64-88-92(80,81)86-60-68(75)61-87-93(82,83)89-65-70(62-84-71(76)56-50-44-38-16-14-12-10-8-2)91-74(79)59-53-47-41-35-37-43-49-55-67(5)6/h66-70,75H,7-65H2,1-6H3,(H,80,81)(H,82,83)/t68-,69-,70-/m1/s1. The molecule has 0 fully saturated rings. The van der Waals surface area contributed by atoms with Crippen molar-refractivity contribution in [2.45, 2.75) is 400 Å². The predicted molar refractivity (Wildman–Crippen MR) is 377 cm³/mol. The number of ether oxygens (including phenoxy) is 4. The maximum atomic E-state index is 13.1. The lowest BCUT2D eigenvalue weighted by molar-refractivity contribution is -0.161. The molecule has 0 saturated carbocycles. The van der Waals surface area contributed by atoms with Crippen LogP contribution in [0.5, 0.6) is 0 Å². The Morgan fingerprint density at radius 1 is 0.290 bits per heavy atom. The van der Waals surface area contributed by atoms with Crippen molar-refractivity contribution in [2.75, 3.05) is 39.6 Å². The molecule has 0 amide bonds. The van der Waals surface area contributed by atoms with Gasteiger partial charge in [0.2, 0.25) is 0 Å². The van der Waals surface area contributed by atoms with E-state index in [9.17, 15) is 43.2 Å². The number of unbranched alkanes of at least 4 members (excludes halogenated alkanes) is 43. The first-order chi connectivity index (χ1) is 44.9. The lowest BCUT2D eigenvalue weighted by Gasteiger charge is -2.21. The van der Waals surface area contributed by atoms with Crippen LogP contribution in [0.3, 0.4) is 0 Å². The Morgan fingerprint density at radius 3 is 0.731 bits per heavy atom. The molecule has 19 heteroatoms. The molecule has 0 spiro atoms. The fraction of sp³-hybridized carbons (Fsp3) is 0.946. The van der Waals surface area contributed by atoms with E-state index in [2.05, 4.69) is 41.5 Å². The fourth-order valence-electron chi connectivity index (χ4n) is 11.3. The predicted octanol–water partition coefficient (Wildman–Crippen LogP) is 21.6. The molecule has 17 nitrogen and oxygen atoms in total. The quantitative estimate of drug-likeness (QED) is 0.0222. The van der Waals surface area contributed by atoms with Crippen LogP contribution in [0.2, 0.25) is 0 Å². The summed E-state index contributed by atoms with van der Waals surface area (Å²) in [7, 11) is -9.90. The Morgan fingerprint density at radius 2 is 0.495 bits per heavy atom. The number of rotatable bonds is 73. The second kappa shape index (κ2) is 66.0. The number of phosphoric ester groups is 2. The van der Waals surface area contributed by atoms with Gasteiger partial charge in [-0.3, -0.25) is 37.3 Å². The van der Waals surface area contributed by atoms with Gasteiger partial charge in [0, 0.05) is 25.7 Å². The van der Waals surface area contributed by atoms with Gasteiger partial charge in [0.05, 0.1) is 26.4 Å². The highest BCUT2D eigenvalue weighted by Gasteiger charge is 2.30. The van der Waals surface area contributed by atoms with Gasteiger partial charge in [-0.05, 0) is 37.5 Å². The van der Waals surface area contributed by atoms with E-state index < -0.39 is 97.5 Å². The SMILES string of the molecule is CCCCCCCCCCCCCCCCCCC(=O)OC[C@H](COP(=O)(O)OC[C@@H](O)COP(=O)(O)OC[C@@H](COC(=O)CCCCCCCCCC)OC(=O)CCCCCCCCCC(C)C)OC(=O)CCCCCCCCCCCCCCCCCCC(C)C. The first-order valence-electron chi connectivity index (χ1n) is 38.5. The number of hydrogen-bond acceptors (Lipinski definition) is 15. The van der Waals surface area contributed by atoms with Crippen LogP contribution in [-0.2, 0) is 65.4 Å². The molecule has 3 N–H and O–H groups in total. The second-order valence-electron chi connectivity index (χ2n) is 27.6. The van der Waals surface area contributed by atoms with Gasteiger partial charge in [-0.15, -0.1) is 0 Å². The van der Waals surface area contributed by atoms with E-state index in [-0.39, 0.29) is 25.7 Å². The Balaban J connectivity index is 5.19. The molecule has 0 aromatic heterocycles. The third-order valence-corrected chi connectivity index (χ3v) is 19.1. The third-order valence-electron chi connectivity index (χ3n) is 17.2. The topological polar surface area (TPSA) is 237 Å². The summed E-state index contributed by atoms with van der Waals surface area (Å²) in [6.07, 6.45) is 52.9. The van der Waals surface area contributed by atoms with Gasteiger partial charge in [0.15, 0.2) is 12.2 Å². The molecule has 0 heterocycles. The Hall–Kier alpha value is -1.94. The molecular weight excluding hydrogens is 1220 g/mol. The molecule has 0 aliphatic rings. The second-order valence-corrected chi connectivity index (χ2v) is 30.5. The lowest BCUT2D eigenvalue weighted by Crippen LogP contribution is -2.30. The molecule has 93 heavy (non-hydrogen) atoms. The summed E-state index contributed by atoms with van der Waals surface area (Å²) in [6.45, 7) is 9.52. The number of aliphatic hydroxyl groups is 1. The van der Waals surface area contributed by atoms with Crippen LogP contribution >= 0.6 is 15.6 Å². The first-order valence-corrected chi connectivity index (χ1v) is 41.5. The first kappa shape index (κ1) is 91.1. The van der Waals surface area contributed by atoms with Crippen molar-refractivity contribution in [1.29, 1.82) is 0 Å². The van der Waals surface area contributed by atoms with E-state index in [0.717, 1.165) is 102 Å². The summed E-state index contributed by atoms with van der Waals surface area (Å²) < 4.78 is 68.3. The molecule has 0 aliphatic heterocycles. The molecular formula is C74H144O17P2. The van der Waals surface area contributed by atoms with Gasteiger partial charge in [-0.25, -0.2) is 9.13 Å². The minimum Gasteiger partial charge on any atom is -0.462 e. The molecule has 0 aliphatic carbocycles. The molecule has 0 aromatic carbocycles. The zero-order chi connectivity index (χ0) is 68.6. The molecule has 552 valence electrons. The average Bonchev–Trinajstić information content (AvgIpc) is 1.92. The lowest BCUT2D eigenvalue weighted by atomic mass is 10.0. The number of phosphoric acid groups is 2. The fourth-order valence-corrected chi connectivity index (χ4v) is 12.9. The van der Waals surface area contributed by atoms with Gasteiger partial charge in [-0.1, -0.05) is 330 Å². The van der Waals surface area contributed by atoms with Gasteiger partial charge < -0.3 is 33.8 Å². The molecule has 0 aromatic rings. The van der Waals surface area contributed by atoms with Crippen molar-refractivity contribution >= 4 is 39.5 Å². The normalized spacial score (nSPS) is 14.1. The van der Waals surface area contributed by atoms with Crippen molar-refractivity contribution in [3.8, 4) is 0 Å². The van der Waals surface area contributed by atoms with Gasteiger partial charge in [-0.2, -0.15) is 0 Å². The summed E-state index contributed by atoms with van der Waals surface area (Å²) in [5, 5.41) is 10.6. The molecule has 5 atom stereocenters. The largest absolute Gasteiger partial charge is 0.472 e. The summed E-state index contributed by atoms with van der Waals surface area (Å²) in [5.74, 6) is -0.618. The summed E-state index contributed by atoms with van der Waals surface area (Å²) in [6, 6.07) is 0. The summed E-state index contributed by atoms with van der Waals surface area (Å²) in [5.41, 5.74) is 0. The van der Waals surface area contributed by atoms with Crippen LogP contribution in [0.15, 0.2) is 0 Å². The maximum absolute atomic E-state index is 13.1. The zero-order valence-corrected chi connectivity index (χ0v) is 62.3. The smallest absolute Gasteiger partial charge is 0.462 e. The van der Waals surface area contributed by atoms with E-state index in [1.54, 1.807) is 0 Å². The third kappa shape index (κ3) is 68.4. The van der Waals surface area contributed by atoms with Crippen LogP contribution in [0, 0.1) is 11.8 Å². The monoisotopic (exact) mass is 1370 g/mol. The molecule has 0 bridgehead atoms. The average molecular weight is 1370 g/mol. The zero-order valence-electron chi connectivity index (χ0n) is 60.6. The van der Waals surface area contributed by atoms with E-state index in [1.165, 1.54) is 193 Å². The molecule has 0 rings (SSSR count). The molecule has 0 radical (unpaired) electrons. The van der Waals surface area contributed by atoms with Crippen LogP contribution in [0.4, 0.5) is 0 Å². The molecule has 2 unspecified atom stereocenters. The van der Waals surface area contributed by atoms with Crippen molar-refractivity contribution in [1.82, 2.24) is 0 Å². The molecule has 0 saturated heterocycles. The van der Waals surface area contributed by atoms with E-state index in [4.69, 9.17) is 37.0 Å².